The van der Waals surface area contributed by atoms with E-state index in [1.165, 1.54) is 5.56 Å². The fourth-order valence-corrected chi connectivity index (χ4v) is 2.12. The van der Waals surface area contributed by atoms with Crippen LogP contribution in [0.4, 0.5) is 0 Å². The van der Waals surface area contributed by atoms with E-state index in [0.717, 1.165) is 28.2 Å². The van der Waals surface area contributed by atoms with Crippen molar-refractivity contribution in [3.63, 3.8) is 0 Å². The van der Waals surface area contributed by atoms with Gasteiger partial charge in [0.25, 0.3) is 0 Å². The lowest BCUT2D eigenvalue weighted by Gasteiger charge is -2.11. The Balaban J connectivity index is 1.99. The van der Waals surface area contributed by atoms with Crippen molar-refractivity contribution in [1.29, 1.82) is 0 Å². The number of hydrogen-bond acceptors (Lipinski definition) is 4. The van der Waals surface area contributed by atoms with Crippen LogP contribution < -0.4 is 10.1 Å². The molecule has 4 nitrogen and oxygen atoms in total. The number of rotatable bonds is 6. The minimum absolute atomic E-state index is 0.413. The smallest absolute Gasteiger partial charge is 0.134 e. The summed E-state index contributed by atoms with van der Waals surface area (Å²) in [7, 11) is 0. The van der Waals surface area contributed by atoms with Crippen LogP contribution in [0.1, 0.15) is 30.9 Å². The molecule has 0 atom stereocenters. The van der Waals surface area contributed by atoms with Crippen LogP contribution in [0.25, 0.3) is 0 Å². The number of benzene rings is 1. The van der Waals surface area contributed by atoms with Gasteiger partial charge in [0.2, 0.25) is 0 Å². The highest BCUT2D eigenvalue weighted by Crippen LogP contribution is 2.23. The lowest BCUT2D eigenvalue weighted by atomic mass is 10.2. The van der Waals surface area contributed by atoms with Gasteiger partial charge in [0.05, 0.1) is 0 Å². The molecule has 2 rings (SSSR count). The highest BCUT2D eigenvalue weighted by atomic mass is 79.9. The first kappa shape index (κ1) is 15.1. The summed E-state index contributed by atoms with van der Waals surface area (Å²) in [4.78, 5) is 0. The zero-order valence-corrected chi connectivity index (χ0v) is 13.5. The summed E-state index contributed by atoms with van der Waals surface area (Å²) in [6.45, 7) is 7.34. The van der Waals surface area contributed by atoms with Crippen LogP contribution in [0.3, 0.4) is 0 Å². The molecule has 0 amide bonds. The third-order valence-electron chi connectivity index (χ3n) is 2.78. The SMILES string of the molecule is Cc1cc(COc2ccc(Br)c(CNC(C)C)c2)no1. The van der Waals surface area contributed by atoms with Gasteiger partial charge < -0.3 is 14.6 Å². The quantitative estimate of drug-likeness (QED) is 0.869. The zero-order valence-electron chi connectivity index (χ0n) is 11.9. The van der Waals surface area contributed by atoms with E-state index in [9.17, 15) is 0 Å². The molecule has 108 valence electrons. The minimum Gasteiger partial charge on any atom is -0.487 e. The molecule has 0 aliphatic rings. The Kier molecular flexibility index (Phi) is 5.20. The molecule has 0 saturated carbocycles. The summed E-state index contributed by atoms with van der Waals surface area (Å²) in [5.41, 5.74) is 1.97. The Morgan fingerprint density at radius 3 is 2.80 bits per heavy atom. The van der Waals surface area contributed by atoms with Crippen LogP contribution in [0, 0.1) is 6.92 Å². The monoisotopic (exact) mass is 338 g/mol. The molecule has 2 aromatic rings. The Hall–Kier alpha value is -1.33. The molecule has 0 unspecified atom stereocenters. The van der Waals surface area contributed by atoms with Gasteiger partial charge in [-0.3, -0.25) is 0 Å². The normalized spacial score (nSPS) is 11.1. The van der Waals surface area contributed by atoms with Gasteiger partial charge in [-0.1, -0.05) is 34.9 Å². The first-order valence-electron chi connectivity index (χ1n) is 6.61. The van der Waals surface area contributed by atoms with Crippen molar-refractivity contribution >= 4 is 15.9 Å². The van der Waals surface area contributed by atoms with Gasteiger partial charge in [0, 0.05) is 23.1 Å². The molecule has 1 aromatic carbocycles. The molecule has 1 heterocycles. The molecule has 5 heteroatoms. The largest absolute Gasteiger partial charge is 0.487 e. The molecule has 0 spiro atoms. The van der Waals surface area contributed by atoms with Crippen molar-refractivity contribution in [1.82, 2.24) is 10.5 Å². The van der Waals surface area contributed by atoms with Crippen LogP contribution in [-0.4, -0.2) is 11.2 Å². The fraction of sp³-hybridized carbons (Fsp3) is 0.400. The summed E-state index contributed by atoms with van der Waals surface area (Å²) in [5.74, 6) is 1.62. The van der Waals surface area contributed by atoms with Crippen LogP contribution >= 0.6 is 15.9 Å². The number of aromatic nitrogens is 1. The number of aryl methyl sites for hydroxylation is 1. The number of nitrogens with zero attached hydrogens (tertiary/aromatic N) is 1. The number of ether oxygens (including phenoxy) is 1. The molecule has 0 saturated heterocycles. The second-order valence-corrected chi connectivity index (χ2v) is 5.86. The summed E-state index contributed by atoms with van der Waals surface area (Å²) in [6.07, 6.45) is 0. The minimum atomic E-state index is 0.413. The van der Waals surface area contributed by atoms with Crippen molar-refractivity contribution in [3.8, 4) is 5.75 Å². The van der Waals surface area contributed by atoms with Crippen molar-refractivity contribution in [2.24, 2.45) is 0 Å². The number of nitrogens with one attached hydrogen (secondary N) is 1. The predicted molar refractivity (Wildman–Crippen MR) is 81.7 cm³/mol. The van der Waals surface area contributed by atoms with Gasteiger partial charge >= 0.3 is 0 Å². The lowest BCUT2D eigenvalue weighted by Crippen LogP contribution is -2.22. The highest BCUT2D eigenvalue weighted by molar-refractivity contribution is 9.10. The first-order chi connectivity index (χ1) is 9.54. The molecule has 0 bridgehead atoms. The topological polar surface area (TPSA) is 47.3 Å². The molecule has 0 fully saturated rings. The van der Waals surface area contributed by atoms with Gasteiger partial charge in [0.15, 0.2) is 0 Å². The lowest BCUT2D eigenvalue weighted by molar-refractivity contribution is 0.287. The summed E-state index contributed by atoms with van der Waals surface area (Å²) >= 11 is 3.56. The zero-order chi connectivity index (χ0) is 14.5. The molecule has 1 N–H and O–H groups in total. The maximum Gasteiger partial charge on any atom is 0.134 e. The third kappa shape index (κ3) is 4.35. The Bertz CT molecular complexity index is 567. The molecular weight excluding hydrogens is 320 g/mol. The summed E-state index contributed by atoms with van der Waals surface area (Å²) < 4.78 is 11.8. The molecular formula is C15H19BrN2O2. The maximum absolute atomic E-state index is 5.74. The van der Waals surface area contributed by atoms with E-state index in [2.05, 4.69) is 40.3 Å². The van der Waals surface area contributed by atoms with E-state index >= 15 is 0 Å². The van der Waals surface area contributed by atoms with E-state index in [1.54, 1.807) is 0 Å². The van der Waals surface area contributed by atoms with Crippen LogP contribution in [0.15, 0.2) is 33.3 Å². The average molecular weight is 339 g/mol. The molecule has 0 radical (unpaired) electrons. The Labute approximate surface area is 127 Å². The third-order valence-corrected chi connectivity index (χ3v) is 3.56. The van der Waals surface area contributed by atoms with Gasteiger partial charge in [-0.05, 0) is 30.7 Å². The fourth-order valence-electron chi connectivity index (χ4n) is 1.73. The van der Waals surface area contributed by atoms with Gasteiger partial charge in [-0.2, -0.15) is 0 Å². The predicted octanol–water partition coefficient (Wildman–Crippen LogP) is 3.82. The van der Waals surface area contributed by atoms with E-state index in [0.29, 0.717) is 12.6 Å². The van der Waals surface area contributed by atoms with Crippen molar-refractivity contribution in [2.45, 2.75) is 40.0 Å². The maximum atomic E-state index is 5.74. The Morgan fingerprint density at radius 1 is 1.35 bits per heavy atom. The van der Waals surface area contributed by atoms with Crippen molar-refractivity contribution in [3.05, 3.63) is 45.8 Å². The van der Waals surface area contributed by atoms with E-state index < -0.39 is 0 Å². The first-order valence-corrected chi connectivity index (χ1v) is 7.40. The van der Waals surface area contributed by atoms with Gasteiger partial charge in [-0.25, -0.2) is 0 Å². The molecule has 0 aliphatic heterocycles. The summed E-state index contributed by atoms with van der Waals surface area (Å²) in [6, 6.07) is 8.30. The van der Waals surface area contributed by atoms with E-state index in [1.807, 2.05) is 31.2 Å². The van der Waals surface area contributed by atoms with E-state index in [-0.39, 0.29) is 0 Å². The average Bonchev–Trinajstić information content (AvgIpc) is 2.82. The standard InChI is InChI=1S/C15H19BrN2O2/c1-10(2)17-8-12-7-14(4-5-15(12)16)19-9-13-6-11(3)20-18-13/h4-7,10,17H,8-9H2,1-3H3. The van der Waals surface area contributed by atoms with Crippen LogP contribution in [0.2, 0.25) is 0 Å². The van der Waals surface area contributed by atoms with Crippen molar-refractivity contribution < 1.29 is 9.26 Å². The summed E-state index contributed by atoms with van der Waals surface area (Å²) in [5, 5.41) is 7.30. The van der Waals surface area contributed by atoms with E-state index in [4.69, 9.17) is 9.26 Å². The second-order valence-electron chi connectivity index (χ2n) is 5.01. The second kappa shape index (κ2) is 6.90. The van der Waals surface area contributed by atoms with Crippen molar-refractivity contribution in [2.75, 3.05) is 0 Å². The van der Waals surface area contributed by atoms with Gasteiger partial charge in [-0.15, -0.1) is 0 Å². The molecule has 20 heavy (non-hydrogen) atoms. The van der Waals surface area contributed by atoms with Crippen LogP contribution in [0.5, 0.6) is 5.75 Å². The number of hydrogen-bond donors (Lipinski definition) is 1. The number of halogens is 1. The molecule has 0 aliphatic carbocycles. The van der Waals surface area contributed by atoms with Crippen LogP contribution in [-0.2, 0) is 13.2 Å². The molecule has 1 aromatic heterocycles. The Morgan fingerprint density at radius 2 is 2.15 bits per heavy atom. The highest BCUT2D eigenvalue weighted by Gasteiger charge is 2.05. The van der Waals surface area contributed by atoms with Gasteiger partial charge in [0.1, 0.15) is 23.8 Å².